The molecule has 6 heteroatoms. The lowest BCUT2D eigenvalue weighted by atomic mass is 10.1. The van der Waals surface area contributed by atoms with Crippen LogP contribution in [0.4, 0.5) is 0 Å². The molecule has 0 aliphatic carbocycles. The van der Waals surface area contributed by atoms with Crippen LogP contribution in [0.15, 0.2) is 158 Å². The molecule has 0 aliphatic rings. The summed E-state index contributed by atoms with van der Waals surface area (Å²) < 4.78 is 16.9. The predicted octanol–water partition coefficient (Wildman–Crippen LogP) is 22.9. The Morgan fingerprint density at radius 2 is 0.444 bits per heavy atom. The molecule has 0 bridgehead atoms. The van der Waals surface area contributed by atoms with E-state index in [0.717, 1.165) is 161 Å². The maximum atomic E-state index is 12.9. The Balaban J connectivity index is 4.39. The average molecular weight is 1120 g/mol. The first-order valence-electron chi connectivity index (χ1n) is 33.0. The summed E-state index contributed by atoms with van der Waals surface area (Å²) in [7, 11) is 0. The normalized spacial score (nSPS) is 13.2. The van der Waals surface area contributed by atoms with Crippen molar-refractivity contribution >= 4 is 17.9 Å². The monoisotopic (exact) mass is 1120 g/mol. The molecule has 0 amide bonds. The first-order valence-corrected chi connectivity index (χ1v) is 33.0. The number of carbonyl (C=O) groups excluding carboxylic acids is 3. The second-order valence-corrected chi connectivity index (χ2v) is 21.2. The van der Waals surface area contributed by atoms with Gasteiger partial charge in [0.25, 0.3) is 0 Å². The third kappa shape index (κ3) is 65.7. The largest absolute Gasteiger partial charge is 0.462 e. The van der Waals surface area contributed by atoms with Gasteiger partial charge in [-0.15, -0.1) is 0 Å². The average Bonchev–Trinajstić information content (AvgIpc) is 3.46. The minimum atomic E-state index is -0.805. The van der Waals surface area contributed by atoms with Crippen molar-refractivity contribution in [2.24, 2.45) is 0 Å². The Bertz CT molecular complexity index is 1810. The van der Waals surface area contributed by atoms with Crippen LogP contribution in [0.2, 0.25) is 0 Å². The van der Waals surface area contributed by atoms with Crippen molar-refractivity contribution in [2.45, 2.75) is 284 Å². The van der Waals surface area contributed by atoms with Gasteiger partial charge in [-0.05, 0) is 141 Å². The molecule has 456 valence electrons. The zero-order chi connectivity index (χ0) is 58.5. The highest BCUT2D eigenvalue weighted by Crippen LogP contribution is 2.15. The van der Waals surface area contributed by atoms with Gasteiger partial charge in [0, 0.05) is 19.3 Å². The van der Waals surface area contributed by atoms with Crippen LogP contribution in [-0.2, 0) is 28.6 Å². The molecule has 0 spiro atoms. The van der Waals surface area contributed by atoms with Gasteiger partial charge in [-0.1, -0.05) is 275 Å². The molecule has 0 radical (unpaired) electrons. The van der Waals surface area contributed by atoms with Crippen molar-refractivity contribution in [2.75, 3.05) is 13.2 Å². The van der Waals surface area contributed by atoms with Gasteiger partial charge in [0.2, 0.25) is 0 Å². The van der Waals surface area contributed by atoms with Gasteiger partial charge in [0.15, 0.2) is 6.10 Å². The zero-order valence-corrected chi connectivity index (χ0v) is 52.2. The number of allylic oxidation sites excluding steroid dienone is 26. The number of carbonyl (C=O) groups is 3. The third-order valence-electron chi connectivity index (χ3n) is 13.5. The van der Waals surface area contributed by atoms with E-state index in [-0.39, 0.29) is 31.1 Å². The predicted molar refractivity (Wildman–Crippen MR) is 352 cm³/mol. The molecule has 81 heavy (non-hydrogen) atoms. The molecule has 0 aromatic heterocycles. The summed E-state index contributed by atoms with van der Waals surface area (Å²) in [4.78, 5) is 38.4. The van der Waals surface area contributed by atoms with Gasteiger partial charge in [-0.2, -0.15) is 0 Å². The fraction of sp³-hybridized carbons (Fsp3) is 0.613. The number of esters is 3. The lowest BCUT2D eigenvalue weighted by Gasteiger charge is -2.18. The zero-order valence-electron chi connectivity index (χ0n) is 52.2. The van der Waals surface area contributed by atoms with Crippen molar-refractivity contribution in [1.82, 2.24) is 0 Å². The molecule has 0 fully saturated rings. The molecule has 0 aromatic carbocycles. The Hall–Kier alpha value is -4.97. The van der Waals surface area contributed by atoms with E-state index < -0.39 is 6.10 Å². The number of hydrogen-bond donors (Lipinski definition) is 0. The van der Waals surface area contributed by atoms with Crippen LogP contribution in [0.1, 0.15) is 278 Å². The van der Waals surface area contributed by atoms with Crippen molar-refractivity contribution in [3.05, 3.63) is 158 Å². The quantitative estimate of drug-likeness (QED) is 0.0261. The molecule has 0 heterocycles. The Morgan fingerprint density at radius 1 is 0.247 bits per heavy atom. The van der Waals surface area contributed by atoms with Crippen LogP contribution in [0.5, 0.6) is 0 Å². The van der Waals surface area contributed by atoms with E-state index in [1.807, 2.05) is 0 Å². The highest BCUT2D eigenvalue weighted by molar-refractivity contribution is 5.71. The summed E-state index contributed by atoms with van der Waals surface area (Å²) in [6.07, 6.45) is 98.2. The van der Waals surface area contributed by atoms with E-state index in [2.05, 4.69) is 179 Å². The second-order valence-electron chi connectivity index (χ2n) is 21.2. The van der Waals surface area contributed by atoms with Crippen molar-refractivity contribution in [3.8, 4) is 0 Å². The van der Waals surface area contributed by atoms with E-state index >= 15 is 0 Å². The first kappa shape index (κ1) is 76.0. The second kappa shape index (κ2) is 67.5. The minimum absolute atomic E-state index is 0.0990. The number of unbranched alkanes of at least 4 members (excludes halogenated alkanes) is 21. The van der Waals surface area contributed by atoms with E-state index in [0.29, 0.717) is 19.3 Å². The number of hydrogen-bond acceptors (Lipinski definition) is 6. The van der Waals surface area contributed by atoms with Crippen LogP contribution in [0.25, 0.3) is 0 Å². The molecule has 0 saturated heterocycles. The fourth-order valence-electron chi connectivity index (χ4n) is 8.69. The van der Waals surface area contributed by atoms with Crippen LogP contribution in [-0.4, -0.2) is 37.2 Å². The third-order valence-corrected chi connectivity index (χ3v) is 13.5. The highest BCUT2D eigenvalue weighted by Gasteiger charge is 2.19. The molecular weight excluding hydrogens is 997 g/mol. The Labute approximate surface area is 499 Å². The maximum Gasteiger partial charge on any atom is 0.306 e. The van der Waals surface area contributed by atoms with E-state index in [9.17, 15) is 14.4 Å². The molecule has 1 unspecified atom stereocenters. The minimum Gasteiger partial charge on any atom is -0.462 e. The van der Waals surface area contributed by atoms with Crippen molar-refractivity contribution < 1.29 is 28.6 Å². The first-order chi connectivity index (χ1) is 40.0. The SMILES string of the molecule is CC/C=C\C/C=C\C/C=C\C/C=C\C/C=C\CCCCCCCCCCCC(=O)OCC(COC(=O)CCCCC/C=C\C/C=C\C/C=C\CC)OC(=O)CCCCCCCCCCC/C=C\C/C=C\C/C=C\C/C=C\C/C=C\CC. The molecule has 0 aliphatic heterocycles. The van der Waals surface area contributed by atoms with E-state index in [4.69, 9.17) is 14.2 Å². The highest BCUT2D eigenvalue weighted by atomic mass is 16.6. The summed E-state index contributed by atoms with van der Waals surface area (Å²) in [5.41, 5.74) is 0. The standard InChI is InChI=1S/C75H120O6/c1-4-7-10-13-16-19-22-25-27-29-31-33-35-37-39-41-43-45-47-50-53-56-59-62-65-68-74(77)80-71-72(70-79-73(76)67-64-61-58-55-52-49-24-21-18-15-12-9-6-3)81-75(78)69-66-63-60-57-54-51-48-46-44-42-40-38-36-34-32-30-28-26-23-20-17-14-11-8-5-2/h7-12,16-21,25-28,31-34,37-40,49,52,72H,4-6,13-15,22-24,29-30,35-36,41-48,50-51,53-71H2,1-3H3/b10-7-,11-8-,12-9-,19-16-,20-17-,21-18-,27-25-,28-26-,33-31-,34-32-,39-37-,40-38-,52-49-. The van der Waals surface area contributed by atoms with Crippen LogP contribution in [0, 0.1) is 0 Å². The van der Waals surface area contributed by atoms with Gasteiger partial charge < -0.3 is 14.2 Å². The maximum absolute atomic E-state index is 12.9. The van der Waals surface area contributed by atoms with Crippen LogP contribution >= 0.6 is 0 Å². The fourth-order valence-corrected chi connectivity index (χ4v) is 8.69. The van der Waals surface area contributed by atoms with Gasteiger partial charge >= 0.3 is 17.9 Å². The van der Waals surface area contributed by atoms with Gasteiger partial charge in [0.1, 0.15) is 13.2 Å². The van der Waals surface area contributed by atoms with Gasteiger partial charge in [0.05, 0.1) is 0 Å². The molecule has 0 rings (SSSR count). The Kier molecular flexibility index (Phi) is 63.4. The van der Waals surface area contributed by atoms with Crippen LogP contribution in [0.3, 0.4) is 0 Å². The molecule has 0 saturated carbocycles. The molecule has 1 atom stereocenters. The lowest BCUT2D eigenvalue weighted by Crippen LogP contribution is -2.30. The molecule has 0 N–H and O–H groups in total. The molecule has 6 nitrogen and oxygen atoms in total. The lowest BCUT2D eigenvalue weighted by molar-refractivity contribution is -0.167. The van der Waals surface area contributed by atoms with Gasteiger partial charge in [-0.25, -0.2) is 0 Å². The van der Waals surface area contributed by atoms with E-state index in [1.165, 1.54) is 77.0 Å². The summed E-state index contributed by atoms with van der Waals surface area (Å²) in [6, 6.07) is 0. The smallest absolute Gasteiger partial charge is 0.306 e. The molecule has 0 aromatic rings. The Morgan fingerprint density at radius 3 is 0.704 bits per heavy atom. The van der Waals surface area contributed by atoms with Crippen LogP contribution < -0.4 is 0 Å². The summed E-state index contributed by atoms with van der Waals surface area (Å²) in [6.45, 7) is 6.27. The van der Waals surface area contributed by atoms with E-state index in [1.54, 1.807) is 0 Å². The molecular formula is C75H120O6. The number of rotatable bonds is 58. The summed E-state index contributed by atoms with van der Waals surface area (Å²) in [5.74, 6) is -0.942. The topological polar surface area (TPSA) is 78.9 Å². The summed E-state index contributed by atoms with van der Waals surface area (Å²) in [5, 5.41) is 0. The number of ether oxygens (including phenoxy) is 3. The van der Waals surface area contributed by atoms with Crippen molar-refractivity contribution in [3.63, 3.8) is 0 Å². The van der Waals surface area contributed by atoms with Gasteiger partial charge in [-0.3, -0.25) is 14.4 Å². The van der Waals surface area contributed by atoms with Crippen molar-refractivity contribution in [1.29, 1.82) is 0 Å². The summed E-state index contributed by atoms with van der Waals surface area (Å²) >= 11 is 0.